The maximum Gasteiger partial charge on any atom is 0.264 e. The molecule has 0 bridgehead atoms. The predicted octanol–water partition coefficient (Wildman–Crippen LogP) is 5.48. The molecule has 0 spiro atoms. The first-order valence-corrected chi connectivity index (χ1v) is 11.5. The molecule has 2 heterocycles. The van der Waals surface area contributed by atoms with Crippen LogP contribution in [0.25, 0.3) is 0 Å². The fraction of sp³-hybridized carbons (Fsp3) is 0.261. The zero-order valence-electron chi connectivity index (χ0n) is 17.0. The number of aromatic hydroxyl groups is 2. The van der Waals surface area contributed by atoms with E-state index in [0.717, 1.165) is 29.0 Å². The number of hydrogen-bond acceptors (Lipinski definition) is 6. The summed E-state index contributed by atoms with van der Waals surface area (Å²) in [6.07, 6.45) is 2.16. The Morgan fingerprint density at radius 1 is 1.23 bits per heavy atom. The minimum atomic E-state index is -0.451. The summed E-state index contributed by atoms with van der Waals surface area (Å²) in [5.41, 5.74) is 1.85. The molecule has 3 N–H and O–H groups in total. The largest absolute Gasteiger partial charge is 0.508 e. The predicted molar refractivity (Wildman–Crippen MR) is 126 cm³/mol. The van der Waals surface area contributed by atoms with Crippen LogP contribution in [0.15, 0.2) is 63.2 Å². The number of aromatic nitrogens is 2. The summed E-state index contributed by atoms with van der Waals surface area (Å²) < 4.78 is 1.76. The van der Waals surface area contributed by atoms with Gasteiger partial charge in [0.05, 0.1) is 11.4 Å². The van der Waals surface area contributed by atoms with E-state index in [4.69, 9.17) is 17.2 Å². The molecule has 1 aliphatic heterocycles. The number of phenols is 1. The van der Waals surface area contributed by atoms with Crippen molar-refractivity contribution in [2.24, 2.45) is 4.99 Å². The van der Waals surface area contributed by atoms with Crippen molar-refractivity contribution in [3.8, 4) is 11.6 Å². The molecule has 0 saturated carbocycles. The lowest BCUT2D eigenvalue weighted by Gasteiger charge is -2.17. The third-order valence-electron chi connectivity index (χ3n) is 5.21. The van der Waals surface area contributed by atoms with Crippen LogP contribution in [0.2, 0.25) is 0 Å². The summed E-state index contributed by atoms with van der Waals surface area (Å²) in [5, 5.41) is 20.9. The van der Waals surface area contributed by atoms with Gasteiger partial charge >= 0.3 is 0 Å². The number of aliphatic imine (C=N–C) groups is 1. The van der Waals surface area contributed by atoms with E-state index in [0.29, 0.717) is 18.7 Å². The summed E-state index contributed by atoms with van der Waals surface area (Å²) in [6.45, 7) is 2.57. The van der Waals surface area contributed by atoms with Crippen molar-refractivity contribution >= 4 is 35.4 Å². The number of benzene rings is 2. The number of para-hydroxylation sites is 1. The lowest BCUT2D eigenvalue weighted by Crippen LogP contribution is -2.24. The first kappa shape index (κ1) is 21.4. The number of unbranched alkanes of at least 4 members (excludes halogenated alkanes) is 1. The van der Waals surface area contributed by atoms with Crippen molar-refractivity contribution in [1.82, 2.24) is 9.55 Å². The van der Waals surface area contributed by atoms with E-state index < -0.39 is 5.56 Å². The van der Waals surface area contributed by atoms with Gasteiger partial charge in [-0.15, -0.1) is 11.8 Å². The summed E-state index contributed by atoms with van der Waals surface area (Å²) in [5.74, 6) is 0.0303. The number of hydrogen-bond donors (Lipinski definition) is 3. The second kappa shape index (κ2) is 9.11. The molecule has 31 heavy (non-hydrogen) atoms. The molecule has 1 aliphatic rings. The minimum absolute atomic E-state index is 0.0967. The average molecular weight is 454 g/mol. The molecule has 160 valence electrons. The van der Waals surface area contributed by atoms with Gasteiger partial charge in [0.1, 0.15) is 11.3 Å². The third-order valence-corrected chi connectivity index (χ3v) is 6.85. The Balaban J connectivity index is 1.88. The van der Waals surface area contributed by atoms with Crippen molar-refractivity contribution in [1.29, 1.82) is 0 Å². The first-order valence-electron chi connectivity index (χ1n) is 10.2. The number of nitrogens with zero attached hydrogens (tertiary/aromatic N) is 2. The van der Waals surface area contributed by atoms with Gasteiger partial charge in [-0.2, -0.15) is 0 Å². The number of H-pyrrole nitrogens is 1. The second-order valence-corrected chi connectivity index (χ2v) is 9.03. The number of rotatable bonds is 5. The van der Waals surface area contributed by atoms with E-state index in [1.54, 1.807) is 34.5 Å². The molecular weight excluding hydrogens is 430 g/mol. The van der Waals surface area contributed by atoms with E-state index in [9.17, 15) is 15.0 Å². The van der Waals surface area contributed by atoms with Crippen molar-refractivity contribution in [3.05, 3.63) is 74.8 Å². The maximum atomic E-state index is 12.9. The van der Waals surface area contributed by atoms with Gasteiger partial charge in [-0.05, 0) is 48.5 Å². The SMILES string of the molecule is CCCCn1c(O)c(C2=Nc3ccccc3S[C@@H](c3cccc(O)c3)C2)c(=O)[nH]c1=S. The molecule has 1 aromatic heterocycles. The van der Waals surface area contributed by atoms with Crippen LogP contribution in [0.5, 0.6) is 11.6 Å². The summed E-state index contributed by atoms with van der Waals surface area (Å²) in [7, 11) is 0. The second-order valence-electron chi connectivity index (χ2n) is 7.39. The number of fused-ring (bicyclic) bond motifs is 1. The van der Waals surface area contributed by atoms with Gasteiger partial charge in [0.2, 0.25) is 5.88 Å². The topological polar surface area (TPSA) is 90.6 Å². The molecule has 0 amide bonds. The van der Waals surface area contributed by atoms with Crippen molar-refractivity contribution in [2.45, 2.75) is 42.9 Å². The van der Waals surface area contributed by atoms with Crippen LogP contribution < -0.4 is 5.56 Å². The number of thioether (sulfide) groups is 1. The van der Waals surface area contributed by atoms with Gasteiger partial charge in [-0.25, -0.2) is 0 Å². The highest BCUT2D eigenvalue weighted by Crippen LogP contribution is 2.46. The van der Waals surface area contributed by atoms with E-state index in [1.165, 1.54) is 0 Å². The Morgan fingerprint density at radius 2 is 2.03 bits per heavy atom. The van der Waals surface area contributed by atoms with Crippen LogP contribution in [-0.4, -0.2) is 25.5 Å². The first-order chi connectivity index (χ1) is 15.0. The van der Waals surface area contributed by atoms with E-state index in [1.807, 2.05) is 30.3 Å². The zero-order chi connectivity index (χ0) is 22.0. The van der Waals surface area contributed by atoms with Crippen LogP contribution in [-0.2, 0) is 6.54 Å². The fourth-order valence-corrected chi connectivity index (χ4v) is 5.12. The molecular formula is C23H23N3O3S2. The van der Waals surface area contributed by atoms with Crippen molar-refractivity contribution in [3.63, 3.8) is 0 Å². The van der Waals surface area contributed by atoms with Gasteiger partial charge < -0.3 is 10.2 Å². The lowest BCUT2D eigenvalue weighted by molar-refractivity contribution is 0.398. The highest BCUT2D eigenvalue weighted by atomic mass is 32.2. The van der Waals surface area contributed by atoms with Crippen LogP contribution in [0, 0.1) is 4.77 Å². The molecule has 2 aromatic carbocycles. The molecule has 0 saturated heterocycles. The fourth-order valence-electron chi connectivity index (χ4n) is 3.62. The van der Waals surface area contributed by atoms with Crippen LogP contribution in [0.1, 0.15) is 42.6 Å². The van der Waals surface area contributed by atoms with Crippen molar-refractivity contribution < 1.29 is 10.2 Å². The Morgan fingerprint density at radius 3 is 2.81 bits per heavy atom. The highest BCUT2D eigenvalue weighted by Gasteiger charge is 2.27. The van der Waals surface area contributed by atoms with Gasteiger partial charge in [0.25, 0.3) is 5.56 Å². The molecule has 0 unspecified atom stereocenters. The Hall–Kier alpha value is -2.84. The monoisotopic (exact) mass is 453 g/mol. The van der Waals surface area contributed by atoms with Gasteiger partial charge in [-0.1, -0.05) is 37.6 Å². The molecule has 0 radical (unpaired) electrons. The molecule has 6 nitrogen and oxygen atoms in total. The highest BCUT2D eigenvalue weighted by molar-refractivity contribution is 7.99. The van der Waals surface area contributed by atoms with E-state index in [-0.39, 0.29) is 27.2 Å². The van der Waals surface area contributed by atoms with Gasteiger partial charge in [0.15, 0.2) is 4.77 Å². The number of nitrogens with one attached hydrogen (secondary N) is 1. The lowest BCUT2D eigenvalue weighted by atomic mass is 10.0. The molecule has 4 rings (SSSR count). The van der Waals surface area contributed by atoms with Crippen LogP contribution in [0.4, 0.5) is 5.69 Å². The third kappa shape index (κ3) is 4.45. The molecule has 8 heteroatoms. The molecule has 3 aromatic rings. The van der Waals surface area contributed by atoms with Crippen molar-refractivity contribution in [2.75, 3.05) is 0 Å². The van der Waals surface area contributed by atoms with Gasteiger partial charge in [-0.3, -0.25) is 19.3 Å². The smallest absolute Gasteiger partial charge is 0.264 e. The molecule has 0 fully saturated rings. The summed E-state index contributed by atoms with van der Waals surface area (Å²) in [6, 6.07) is 14.8. The minimum Gasteiger partial charge on any atom is -0.508 e. The summed E-state index contributed by atoms with van der Waals surface area (Å²) >= 11 is 6.90. The van der Waals surface area contributed by atoms with E-state index >= 15 is 0 Å². The summed E-state index contributed by atoms with van der Waals surface area (Å²) in [4.78, 5) is 21.3. The van der Waals surface area contributed by atoms with Crippen LogP contribution in [0.3, 0.4) is 0 Å². The molecule has 1 atom stereocenters. The Labute approximate surface area is 189 Å². The van der Waals surface area contributed by atoms with Gasteiger partial charge in [0, 0.05) is 23.1 Å². The number of phenolic OH excluding ortho intramolecular Hbond substituents is 1. The quantitative estimate of drug-likeness (QED) is 0.445. The zero-order valence-corrected chi connectivity index (χ0v) is 18.7. The Kier molecular flexibility index (Phi) is 6.29. The Bertz CT molecular complexity index is 1260. The standard InChI is InChI=1S/C23H23N3O3S2/c1-2-3-11-26-22(29)20(21(28)25-23(26)30)17-13-19(14-7-6-8-15(27)12-14)31-18-10-5-4-9-16(18)24-17/h4-10,12,19,27,29H,2-3,11,13H2,1H3,(H,25,28,30)/t19-/m1/s1. The maximum absolute atomic E-state index is 12.9. The average Bonchev–Trinajstić information content (AvgIpc) is 2.93. The van der Waals surface area contributed by atoms with Crippen LogP contribution >= 0.6 is 24.0 Å². The van der Waals surface area contributed by atoms with E-state index in [2.05, 4.69) is 11.9 Å². The normalized spacial score (nSPS) is 15.8. The molecule has 0 aliphatic carbocycles. The number of aromatic amines is 1.